The van der Waals surface area contributed by atoms with Gasteiger partial charge in [0.05, 0.1) is 4.90 Å². The van der Waals surface area contributed by atoms with Gasteiger partial charge in [-0.05, 0) is 61.4 Å². The Morgan fingerprint density at radius 1 is 1.09 bits per heavy atom. The van der Waals surface area contributed by atoms with Gasteiger partial charge in [-0.1, -0.05) is 18.9 Å². The second-order valence-corrected chi connectivity index (χ2v) is 11.5. The zero-order valence-corrected chi connectivity index (χ0v) is 19.6. The highest BCUT2D eigenvalue weighted by atomic mass is 32.2. The molecule has 1 fully saturated rings. The summed E-state index contributed by atoms with van der Waals surface area (Å²) in [5, 5.41) is 10.9. The lowest BCUT2D eigenvalue weighted by molar-refractivity contribution is 0.102. The van der Waals surface area contributed by atoms with E-state index in [0.717, 1.165) is 23.3 Å². The highest BCUT2D eigenvalue weighted by molar-refractivity contribution is 7.99. The van der Waals surface area contributed by atoms with Crippen molar-refractivity contribution in [1.29, 1.82) is 0 Å². The molecule has 1 amide bonds. The van der Waals surface area contributed by atoms with E-state index in [1.165, 1.54) is 28.6 Å². The molecular formula is C22H24N4O4S2. The van der Waals surface area contributed by atoms with E-state index in [9.17, 15) is 13.2 Å². The minimum Gasteiger partial charge on any atom is -0.403 e. The molecule has 0 bridgehead atoms. The highest BCUT2D eigenvalue weighted by Crippen LogP contribution is 2.30. The number of benzene rings is 2. The first-order valence-electron chi connectivity index (χ1n) is 10.2. The van der Waals surface area contributed by atoms with E-state index in [4.69, 9.17) is 4.42 Å². The van der Waals surface area contributed by atoms with Crippen molar-refractivity contribution in [1.82, 2.24) is 14.5 Å². The molecule has 168 valence electrons. The number of thioether (sulfide) groups is 1. The van der Waals surface area contributed by atoms with Gasteiger partial charge < -0.3 is 4.42 Å². The number of carbonyl (C=O) groups excluding carboxylic acids is 1. The quantitative estimate of drug-likeness (QED) is 0.488. The summed E-state index contributed by atoms with van der Waals surface area (Å²) in [4.78, 5) is 13.8. The van der Waals surface area contributed by atoms with Crippen molar-refractivity contribution in [2.45, 2.75) is 47.8 Å². The van der Waals surface area contributed by atoms with Crippen LogP contribution in [0.4, 0.5) is 6.01 Å². The average molecular weight is 473 g/mol. The van der Waals surface area contributed by atoms with Crippen LogP contribution >= 0.6 is 11.8 Å². The number of aromatic nitrogens is 2. The van der Waals surface area contributed by atoms with Crippen molar-refractivity contribution in [3.63, 3.8) is 0 Å². The van der Waals surface area contributed by atoms with Gasteiger partial charge in [0.1, 0.15) is 0 Å². The van der Waals surface area contributed by atoms with Crippen molar-refractivity contribution >= 4 is 33.7 Å². The van der Waals surface area contributed by atoms with Gasteiger partial charge in [-0.2, -0.15) is 4.31 Å². The van der Waals surface area contributed by atoms with Crippen LogP contribution in [0.2, 0.25) is 0 Å². The molecule has 0 saturated heterocycles. The van der Waals surface area contributed by atoms with Crippen LogP contribution in [-0.4, -0.2) is 47.2 Å². The first-order valence-corrected chi connectivity index (χ1v) is 12.6. The molecule has 1 heterocycles. The summed E-state index contributed by atoms with van der Waals surface area (Å²) >= 11 is 1.76. The smallest absolute Gasteiger partial charge is 0.322 e. The number of nitrogens with one attached hydrogen (secondary N) is 1. The molecule has 10 heteroatoms. The zero-order valence-electron chi connectivity index (χ0n) is 18.0. The largest absolute Gasteiger partial charge is 0.403 e. The first kappa shape index (κ1) is 22.5. The van der Waals surface area contributed by atoms with Gasteiger partial charge >= 0.3 is 6.01 Å². The van der Waals surface area contributed by atoms with Crippen LogP contribution in [0.15, 0.2) is 62.7 Å². The molecule has 1 N–H and O–H groups in total. The maximum absolute atomic E-state index is 12.6. The number of hydrogen-bond acceptors (Lipinski definition) is 7. The molecule has 32 heavy (non-hydrogen) atoms. The number of carbonyl (C=O) groups is 1. The predicted octanol–water partition coefficient (Wildman–Crippen LogP) is 4.27. The summed E-state index contributed by atoms with van der Waals surface area (Å²) in [6, 6.07) is 13.6. The molecule has 0 aliphatic heterocycles. The minimum absolute atomic E-state index is 0.0317. The van der Waals surface area contributed by atoms with Crippen LogP contribution < -0.4 is 5.32 Å². The standard InChI is InChI=1S/C22H24N4O4S2/c1-14(2)31-18-10-4-16(5-11-18)21-24-25-22(30-21)23-20(27)15-6-12-19(13-7-15)32(28,29)26(3)17-8-9-17/h4-7,10-14,17H,8-9H2,1-3H3,(H,23,25,27). The lowest BCUT2D eigenvalue weighted by Crippen LogP contribution is -2.29. The Morgan fingerprint density at radius 3 is 2.34 bits per heavy atom. The molecule has 1 aliphatic rings. The summed E-state index contributed by atoms with van der Waals surface area (Å²) in [6.07, 6.45) is 1.76. The summed E-state index contributed by atoms with van der Waals surface area (Å²) in [7, 11) is -1.97. The van der Waals surface area contributed by atoms with Crippen molar-refractivity contribution < 1.29 is 17.6 Å². The number of amides is 1. The van der Waals surface area contributed by atoms with E-state index in [1.807, 2.05) is 24.3 Å². The van der Waals surface area contributed by atoms with E-state index < -0.39 is 15.9 Å². The lowest BCUT2D eigenvalue weighted by Gasteiger charge is -2.16. The molecule has 0 unspecified atom stereocenters. The predicted molar refractivity (Wildman–Crippen MR) is 123 cm³/mol. The fourth-order valence-corrected chi connectivity index (χ4v) is 5.34. The number of nitrogens with zero attached hydrogens (tertiary/aromatic N) is 3. The van der Waals surface area contributed by atoms with Crippen molar-refractivity contribution in [2.24, 2.45) is 0 Å². The Kier molecular flexibility index (Phi) is 6.36. The zero-order chi connectivity index (χ0) is 22.9. The Hall–Kier alpha value is -2.69. The van der Waals surface area contributed by atoms with Gasteiger partial charge in [0.25, 0.3) is 5.91 Å². The van der Waals surface area contributed by atoms with Crippen molar-refractivity contribution in [3.05, 3.63) is 54.1 Å². The second kappa shape index (κ2) is 9.05. The Labute approximate surface area is 191 Å². The van der Waals surface area contributed by atoms with E-state index in [0.29, 0.717) is 11.1 Å². The van der Waals surface area contributed by atoms with Gasteiger partial charge in [0.15, 0.2) is 0 Å². The monoisotopic (exact) mass is 472 g/mol. The molecule has 4 rings (SSSR count). The third-order valence-corrected chi connectivity index (χ3v) is 7.91. The first-order chi connectivity index (χ1) is 15.2. The van der Waals surface area contributed by atoms with Crippen molar-refractivity contribution in [3.8, 4) is 11.5 Å². The molecule has 1 aromatic heterocycles. The Bertz CT molecular complexity index is 1200. The van der Waals surface area contributed by atoms with Gasteiger partial charge in [-0.3, -0.25) is 10.1 Å². The maximum atomic E-state index is 12.6. The minimum atomic E-state index is -3.56. The van der Waals surface area contributed by atoms with Crippen LogP contribution in [0.3, 0.4) is 0 Å². The summed E-state index contributed by atoms with van der Waals surface area (Å²) < 4.78 is 32.1. The van der Waals surface area contributed by atoms with Crippen LogP contribution in [0, 0.1) is 0 Å². The number of rotatable bonds is 8. The number of anilines is 1. The summed E-state index contributed by atoms with van der Waals surface area (Å²) in [5.41, 5.74) is 1.04. The summed E-state index contributed by atoms with van der Waals surface area (Å²) in [6.45, 7) is 4.26. The molecule has 8 nitrogen and oxygen atoms in total. The van der Waals surface area contributed by atoms with Crippen molar-refractivity contribution in [2.75, 3.05) is 12.4 Å². The normalized spacial score (nSPS) is 14.2. The van der Waals surface area contributed by atoms with E-state index in [1.54, 1.807) is 18.8 Å². The molecule has 1 saturated carbocycles. The molecule has 0 spiro atoms. The van der Waals surface area contributed by atoms with E-state index in [2.05, 4.69) is 29.4 Å². The SMILES string of the molecule is CC(C)Sc1ccc(-c2nnc(NC(=O)c3ccc(S(=O)(=O)N(C)C4CC4)cc3)o2)cc1. The number of hydrogen-bond donors (Lipinski definition) is 1. The molecule has 0 radical (unpaired) electrons. The maximum Gasteiger partial charge on any atom is 0.322 e. The van der Waals surface area contributed by atoms with Gasteiger partial charge in [-0.25, -0.2) is 8.42 Å². The van der Waals surface area contributed by atoms with Gasteiger partial charge in [0.2, 0.25) is 15.9 Å². The third kappa shape index (κ3) is 5.03. The molecule has 3 aromatic rings. The average Bonchev–Trinajstić information content (AvgIpc) is 3.52. The fourth-order valence-electron chi connectivity index (χ4n) is 3.09. The van der Waals surface area contributed by atoms with Gasteiger partial charge in [0, 0.05) is 34.4 Å². The third-order valence-electron chi connectivity index (χ3n) is 4.97. The molecule has 0 atom stereocenters. The molecule has 2 aromatic carbocycles. The Morgan fingerprint density at radius 2 is 1.75 bits per heavy atom. The second-order valence-electron chi connectivity index (χ2n) is 7.83. The molecular weight excluding hydrogens is 448 g/mol. The van der Waals surface area contributed by atoms with Crippen LogP contribution in [-0.2, 0) is 10.0 Å². The summed E-state index contributed by atoms with van der Waals surface area (Å²) in [5.74, 6) is -0.172. The van der Waals surface area contributed by atoms with Crippen LogP contribution in [0.1, 0.15) is 37.0 Å². The topological polar surface area (TPSA) is 105 Å². The van der Waals surface area contributed by atoms with Gasteiger partial charge in [-0.15, -0.1) is 16.9 Å². The van der Waals surface area contributed by atoms with Crippen LogP contribution in [0.5, 0.6) is 0 Å². The van der Waals surface area contributed by atoms with Crippen LogP contribution in [0.25, 0.3) is 11.5 Å². The fraction of sp³-hybridized carbons (Fsp3) is 0.318. The Balaban J connectivity index is 1.42. The van der Waals surface area contributed by atoms with E-state index in [-0.39, 0.29) is 22.5 Å². The van der Waals surface area contributed by atoms with E-state index >= 15 is 0 Å². The molecule has 1 aliphatic carbocycles. The lowest BCUT2D eigenvalue weighted by atomic mass is 10.2. The highest BCUT2D eigenvalue weighted by Gasteiger charge is 2.35. The number of sulfonamides is 1.